The van der Waals surface area contributed by atoms with Gasteiger partial charge in [0, 0.05) is 0 Å². The molecule has 0 aliphatic rings. The van der Waals surface area contributed by atoms with E-state index in [1.54, 1.807) is 18.2 Å². The molecule has 0 aliphatic carbocycles. The zero-order chi connectivity index (χ0) is 9.73. The first kappa shape index (κ1) is 13.5. The van der Waals surface area contributed by atoms with E-state index in [-0.39, 0.29) is 35.3 Å². The second-order valence-electron chi connectivity index (χ2n) is 2.07. The molecule has 14 heavy (non-hydrogen) atoms. The van der Waals surface area contributed by atoms with Crippen LogP contribution < -0.4 is 4.18 Å². The summed E-state index contributed by atoms with van der Waals surface area (Å²) < 4.78 is 30.4. The predicted octanol–water partition coefficient (Wildman–Crippen LogP) is 0.822. The Morgan fingerprint density at radius 3 is 2.29 bits per heavy atom. The second kappa shape index (κ2) is 6.08. The van der Waals surface area contributed by atoms with E-state index in [2.05, 4.69) is 14.9 Å². The van der Waals surface area contributed by atoms with Gasteiger partial charge in [-0.05, 0) is 12.1 Å². The van der Waals surface area contributed by atoms with E-state index in [0.717, 1.165) is 6.26 Å². The molecule has 0 spiro atoms. The van der Waals surface area contributed by atoms with E-state index in [0.29, 0.717) is 0 Å². The van der Waals surface area contributed by atoms with Crippen molar-refractivity contribution in [3.8, 4) is 5.75 Å². The van der Waals surface area contributed by atoms with Gasteiger partial charge in [-0.15, -0.1) is 8.42 Å². The van der Waals surface area contributed by atoms with Crippen molar-refractivity contribution in [2.45, 2.75) is 0 Å². The van der Waals surface area contributed by atoms with Gasteiger partial charge in [0.25, 0.3) is 0 Å². The van der Waals surface area contributed by atoms with Crippen LogP contribution in [-0.2, 0) is 14.6 Å². The van der Waals surface area contributed by atoms with Crippen molar-refractivity contribution in [1.82, 2.24) is 0 Å². The molecule has 0 unspecified atom stereocenters. The maximum absolute atomic E-state index is 10.9. The van der Waals surface area contributed by atoms with Gasteiger partial charge in [-0.1, -0.05) is 24.8 Å². The van der Waals surface area contributed by atoms with Crippen LogP contribution in [0, 0.1) is 0 Å². The first-order chi connectivity index (χ1) is 6.14. The average Bonchev–Trinajstić information content (AvgIpc) is 2.04. The zero-order valence-electron chi connectivity index (χ0n) is 6.71. The summed E-state index contributed by atoms with van der Waals surface area (Å²) in [6.07, 6.45) is 0.790. The summed E-state index contributed by atoms with van der Waals surface area (Å²) in [5.74, 6) is 0.198. The van der Waals surface area contributed by atoms with E-state index in [4.69, 9.17) is 0 Å². The van der Waals surface area contributed by atoms with Crippen molar-refractivity contribution < 1.29 is 16.8 Å². The molecule has 6 heteroatoms. The normalized spacial score (nSPS) is 9.71. The second-order valence-corrected chi connectivity index (χ2v) is 3.24. The quantitative estimate of drug-likeness (QED) is 0.561. The van der Waals surface area contributed by atoms with Crippen molar-refractivity contribution in [2.75, 3.05) is 0 Å². The monoisotopic (exact) mass is 224 g/mol. The minimum absolute atomic E-state index is 0. The van der Waals surface area contributed by atoms with Crippen molar-refractivity contribution >= 4 is 40.0 Å². The van der Waals surface area contributed by atoms with Crippen LogP contribution in [0.1, 0.15) is 0 Å². The SMILES string of the molecule is C=COS(=O)(=O)Oc1ccccc1.[NaH]. The third kappa shape index (κ3) is 4.66. The molecule has 1 aromatic carbocycles. The Morgan fingerprint density at radius 2 is 1.79 bits per heavy atom. The van der Waals surface area contributed by atoms with Crippen LogP contribution in [0.4, 0.5) is 0 Å². The molecule has 72 valence electrons. The first-order valence-corrected chi connectivity index (χ1v) is 4.76. The number of para-hydroxylation sites is 1. The van der Waals surface area contributed by atoms with Crippen molar-refractivity contribution in [2.24, 2.45) is 0 Å². The Labute approximate surface area is 105 Å². The van der Waals surface area contributed by atoms with Crippen LogP contribution >= 0.6 is 0 Å². The van der Waals surface area contributed by atoms with Crippen molar-refractivity contribution in [3.05, 3.63) is 43.2 Å². The molecule has 0 saturated heterocycles. The molecule has 0 heterocycles. The molecule has 0 aliphatic heterocycles. The van der Waals surface area contributed by atoms with Crippen molar-refractivity contribution in [3.63, 3.8) is 0 Å². The fraction of sp³-hybridized carbons (Fsp3) is 0. The van der Waals surface area contributed by atoms with Crippen LogP contribution in [-0.4, -0.2) is 38.0 Å². The van der Waals surface area contributed by atoms with Gasteiger partial charge in [-0.25, -0.2) is 0 Å². The molecule has 0 amide bonds. The zero-order valence-corrected chi connectivity index (χ0v) is 7.53. The molecular formula is C8H9NaO4S. The summed E-state index contributed by atoms with van der Waals surface area (Å²) in [5.41, 5.74) is 0. The van der Waals surface area contributed by atoms with Crippen LogP contribution in [0.15, 0.2) is 43.2 Å². The standard InChI is InChI=1S/C8H8O4S.Na.H/c1-2-11-13(9,10)12-8-6-4-3-5-7-8;;/h2-7H,1H2;;. The van der Waals surface area contributed by atoms with Crippen LogP contribution in [0.2, 0.25) is 0 Å². The molecule has 1 rings (SSSR count). The molecule has 0 saturated carbocycles. The van der Waals surface area contributed by atoms with E-state index < -0.39 is 10.4 Å². The van der Waals surface area contributed by atoms with Gasteiger partial charge in [0.1, 0.15) is 12.0 Å². The summed E-state index contributed by atoms with van der Waals surface area (Å²) in [4.78, 5) is 0. The molecule has 0 radical (unpaired) electrons. The summed E-state index contributed by atoms with van der Waals surface area (Å²) in [6.45, 7) is 3.11. The summed E-state index contributed by atoms with van der Waals surface area (Å²) in [5, 5.41) is 0. The van der Waals surface area contributed by atoms with Crippen molar-refractivity contribution in [1.29, 1.82) is 0 Å². The van der Waals surface area contributed by atoms with Crippen LogP contribution in [0.25, 0.3) is 0 Å². The molecule has 4 nitrogen and oxygen atoms in total. The average molecular weight is 224 g/mol. The third-order valence-electron chi connectivity index (χ3n) is 1.13. The summed E-state index contributed by atoms with van der Waals surface area (Å²) in [7, 11) is -4.00. The molecule has 0 bridgehead atoms. The van der Waals surface area contributed by atoms with Gasteiger partial charge in [-0.3, -0.25) is 0 Å². The Kier molecular flexibility index (Phi) is 5.87. The number of hydrogen-bond acceptors (Lipinski definition) is 4. The molecule has 0 N–H and O–H groups in total. The Morgan fingerprint density at radius 1 is 1.21 bits per heavy atom. The van der Waals surface area contributed by atoms with Gasteiger partial charge in [0.05, 0.1) is 0 Å². The van der Waals surface area contributed by atoms with Gasteiger partial charge < -0.3 is 8.37 Å². The summed E-state index contributed by atoms with van der Waals surface area (Å²) >= 11 is 0. The third-order valence-corrected chi connectivity index (χ3v) is 1.90. The fourth-order valence-electron chi connectivity index (χ4n) is 0.697. The predicted molar refractivity (Wildman–Crippen MR) is 54.4 cm³/mol. The number of rotatable bonds is 4. The van der Waals surface area contributed by atoms with Gasteiger partial charge in [-0.2, -0.15) is 0 Å². The van der Waals surface area contributed by atoms with Crippen LogP contribution in [0.3, 0.4) is 0 Å². The molecule has 1 aromatic rings. The Balaban J connectivity index is 0.00000169. The minimum atomic E-state index is -4.00. The molecule has 0 atom stereocenters. The van der Waals surface area contributed by atoms with E-state index >= 15 is 0 Å². The van der Waals surface area contributed by atoms with Gasteiger partial charge >= 0.3 is 40.0 Å². The number of hydrogen-bond donors (Lipinski definition) is 0. The Bertz CT molecular complexity index is 374. The topological polar surface area (TPSA) is 52.6 Å². The maximum atomic E-state index is 10.9. The molecule has 0 aromatic heterocycles. The molecular weight excluding hydrogens is 215 g/mol. The first-order valence-electron chi connectivity index (χ1n) is 3.43. The fourth-order valence-corrected chi connectivity index (χ4v) is 1.25. The van der Waals surface area contributed by atoms with Gasteiger partial charge in [0.15, 0.2) is 0 Å². The van der Waals surface area contributed by atoms with Gasteiger partial charge in [0.2, 0.25) is 0 Å². The molecule has 0 fully saturated rings. The van der Waals surface area contributed by atoms with Crippen LogP contribution in [0.5, 0.6) is 5.75 Å². The van der Waals surface area contributed by atoms with E-state index in [1.165, 1.54) is 12.1 Å². The Hall–Kier alpha value is -0.490. The number of benzene rings is 1. The van der Waals surface area contributed by atoms with E-state index in [9.17, 15) is 8.42 Å². The summed E-state index contributed by atoms with van der Waals surface area (Å²) in [6, 6.07) is 8.05. The van der Waals surface area contributed by atoms with E-state index in [1.807, 2.05) is 0 Å².